The average Bonchev–Trinajstić information content (AvgIpc) is 3.44. The maximum Gasteiger partial charge on any atom is 0.240 e. The summed E-state index contributed by atoms with van der Waals surface area (Å²) in [5.74, 6) is 0.571. The minimum absolute atomic E-state index is 0.0240. The molecule has 6 nitrogen and oxygen atoms in total. The predicted octanol–water partition coefficient (Wildman–Crippen LogP) is 5.97. The zero-order valence-electron chi connectivity index (χ0n) is 20.7. The van der Waals surface area contributed by atoms with Gasteiger partial charge in [-0.25, -0.2) is 4.68 Å². The van der Waals surface area contributed by atoms with E-state index in [4.69, 9.17) is 16.7 Å². The van der Waals surface area contributed by atoms with Gasteiger partial charge in [0, 0.05) is 21.9 Å². The van der Waals surface area contributed by atoms with Crippen molar-refractivity contribution in [1.29, 1.82) is 0 Å². The van der Waals surface area contributed by atoms with E-state index in [0.717, 1.165) is 22.6 Å². The summed E-state index contributed by atoms with van der Waals surface area (Å²) < 4.78 is 1.76. The van der Waals surface area contributed by atoms with Crippen LogP contribution in [0.2, 0.25) is 5.02 Å². The van der Waals surface area contributed by atoms with Crippen LogP contribution in [0.25, 0.3) is 5.69 Å². The predicted molar refractivity (Wildman–Crippen MR) is 146 cm³/mol. The number of anilines is 1. The number of carbonyl (C=O) groups excluding carboxylic acids is 2. The number of fused-ring (bicyclic) bond motifs is 1. The van der Waals surface area contributed by atoms with Gasteiger partial charge in [-0.2, -0.15) is 5.10 Å². The fraction of sp³-hybridized carbons (Fsp3) is 0.423. The van der Waals surface area contributed by atoms with Gasteiger partial charge in [0.2, 0.25) is 11.8 Å². The van der Waals surface area contributed by atoms with Crippen molar-refractivity contribution in [3.63, 3.8) is 0 Å². The molecular weight excluding hydrogens is 500 g/mol. The summed E-state index contributed by atoms with van der Waals surface area (Å²) in [7, 11) is 0. The SMILES string of the molecule is CCC(C)NC(=O)CN1C(=O)CSC(c2cccs2)c2c(C(C)(C)C)nn(-c3ccccc3Cl)c21. The zero-order valence-corrected chi connectivity index (χ0v) is 23.1. The maximum absolute atomic E-state index is 13.6. The third-order valence-electron chi connectivity index (χ3n) is 6.00. The van der Waals surface area contributed by atoms with Crippen molar-refractivity contribution in [3.05, 3.63) is 62.9 Å². The number of para-hydroxylation sites is 1. The Morgan fingerprint density at radius 1 is 1.26 bits per heavy atom. The second-order valence-electron chi connectivity index (χ2n) is 9.76. The number of hydrogen-bond donors (Lipinski definition) is 1. The molecule has 9 heteroatoms. The van der Waals surface area contributed by atoms with E-state index >= 15 is 0 Å². The van der Waals surface area contributed by atoms with E-state index < -0.39 is 0 Å². The Morgan fingerprint density at radius 3 is 2.63 bits per heavy atom. The van der Waals surface area contributed by atoms with Gasteiger partial charge in [0.05, 0.1) is 27.4 Å². The first-order valence-electron chi connectivity index (χ1n) is 11.7. The van der Waals surface area contributed by atoms with Crippen LogP contribution in [0.5, 0.6) is 0 Å². The van der Waals surface area contributed by atoms with Crippen molar-refractivity contribution in [2.75, 3.05) is 17.2 Å². The lowest BCUT2D eigenvalue weighted by Gasteiger charge is -2.25. The number of nitrogens with zero attached hydrogens (tertiary/aromatic N) is 3. The summed E-state index contributed by atoms with van der Waals surface area (Å²) in [6.07, 6.45) is 0.812. The molecule has 1 N–H and O–H groups in total. The smallest absolute Gasteiger partial charge is 0.240 e. The second kappa shape index (κ2) is 10.4. The van der Waals surface area contributed by atoms with E-state index in [1.807, 2.05) is 44.2 Å². The molecule has 3 heterocycles. The van der Waals surface area contributed by atoms with Gasteiger partial charge in [-0.05, 0) is 36.9 Å². The summed E-state index contributed by atoms with van der Waals surface area (Å²) in [5.41, 5.74) is 2.23. The molecule has 0 bridgehead atoms. The summed E-state index contributed by atoms with van der Waals surface area (Å²) >= 11 is 9.88. The van der Waals surface area contributed by atoms with Crippen molar-refractivity contribution in [2.24, 2.45) is 0 Å². The fourth-order valence-corrected chi connectivity index (χ4v) is 6.49. The van der Waals surface area contributed by atoms with Gasteiger partial charge in [0.15, 0.2) is 0 Å². The van der Waals surface area contributed by atoms with E-state index in [1.54, 1.807) is 32.7 Å². The van der Waals surface area contributed by atoms with Crippen molar-refractivity contribution in [3.8, 4) is 5.69 Å². The number of hydrogen-bond acceptors (Lipinski definition) is 5. The molecule has 0 radical (unpaired) electrons. The molecule has 4 rings (SSSR count). The molecule has 35 heavy (non-hydrogen) atoms. The van der Waals surface area contributed by atoms with E-state index in [0.29, 0.717) is 16.5 Å². The number of benzene rings is 1. The van der Waals surface area contributed by atoms with Crippen LogP contribution in [0.1, 0.15) is 62.4 Å². The molecule has 0 saturated heterocycles. The van der Waals surface area contributed by atoms with Crippen LogP contribution in [0.15, 0.2) is 41.8 Å². The average molecular weight is 531 g/mol. The first kappa shape index (κ1) is 25.8. The van der Waals surface area contributed by atoms with E-state index in [-0.39, 0.29) is 40.8 Å². The van der Waals surface area contributed by atoms with Gasteiger partial charge in [-0.3, -0.25) is 14.5 Å². The van der Waals surface area contributed by atoms with Crippen LogP contribution in [-0.2, 0) is 15.0 Å². The van der Waals surface area contributed by atoms with Gasteiger partial charge in [-0.1, -0.05) is 57.5 Å². The maximum atomic E-state index is 13.6. The van der Waals surface area contributed by atoms with E-state index in [9.17, 15) is 9.59 Å². The molecule has 2 unspecified atom stereocenters. The summed E-state index contributed by atoms with van der Waals surface area (Å²) in [5, 5.41) is 10.6. The number of amides is 2. The summed E-state index contributed by atoms with van der Waals surface area (Å²) in [4.78, 5) is 29.3. The Hall–Kier alpha value is -2.29. The van der Waals surface area contributed by atoms with E-state index in [1.165, 1.54) is 0 Å². The third kappa shape index (κ3) is 5.29. The van der Waals surface area contributed by atoms with Crippen molar-refractivity contribution in [2.45, 2.75) is 57.7 Å². The second-order valence-corrected chi connectivity index (χ2v) is 12.2. The largest absolute Gasteiger partial charge is 0.352 e. The van der Waals surface area contributed by atoms with Crippen LogP contribution < -0.4 is 10.2 Å². The Bertz CT molecular complexity index is 1220. The molecule has 186 valence electrons. The van der Waals surface area contributed by atoms with Crippen molar-refractivity contribution < 1.29 is 9.59 Å². The molecule has 1 aliphatic rings. The zero-order chi connectivity index (χ0) is 25.3. The molecule has 0 saturated carbocycles. The van der Waals surface area contributed by atoms with E-state index in [2.05, 4.69) is 37.5 Å². The van der Waals surface area contributed by atoms with Gasteiger partial charge in [0.1, 0.15) is 12.4 Å². The number of nitrogens with one attached hydrogen (secondary N) is 1. The first-order chi connectivity index (χ1) is 16.6. The molecule has 2 amide bonds. The molecule has 0 fully saturated rings. The number of thiophene rings is 1. The lowest BCUT2D eigenvalue weighted by atomic mass is 9.88. The quantitative estimate of drug-likeness (QED) is 0.426. The Labute approximate surface area is 220 Å². The number of aromatic nitrogens is 2. The molecule has 2 atom stereocenters. The van der Waals surface area contributed by atoms with Crippen molar-refractivity contribution >= 4 is 52.3 Å². The van der Waals surface area contributed by atoms with Crippen LogP contribution in [-0.4, -0.2) is 39.9 Å². The topological polar surface area (TPSA) is 67.2 Å². The molecule has 2 aromatic heterocycles. The monoisotopic (exact) mass is 530 g/mol. The molecule has 1 aliphatic heterocycles. The van der Waals surface area contributed by atoms with Crippen LogP contribution in [0, 0.1) is 0 Å². The Morgan fingerprint density at radius 2 is 2.00 bits per heavy atom. The van der Waals surface area contributed by atoms with Crippen LogP contribution in [0.4, 0.5) is 5.82 Å². The number of carbonyl (C=O) groups is 2. The summed E-state index contributed by atoms with van der Waals surface area (Å²) in [6, 6.07) is 11.6. The molecule has 0 spiro atoms. The highest BCUT2D eigenvalue weighted by Gasteiger charge is 2.40. The van der Waals surface area contributed by atoms with Gasteiger partial charge >= 0.3 is 0 Å². The highest BCUT2D eigenvalue weighted by molar-refractivity contribution is 8.00. The normalized spacial score (nSPS) is 17.1. The standard InChI is InChI=1S/C26H31ClN4O2S2/c1-6-16(2)28-20(32)14-30-21(33)15-35-23(19-12-9-13-34-19)22-24(26(3,4)5)29-31(25(22)30)18-11-8-7-10-17(18)27/h7-13,16,23H,6,14-15H2,1-5H3,(H,28,32). The third-order valence-corrected chi connectivity index (χ3v) is 8.65. The van der Waals surface area contributed by atoms with Crippen molar-refractivity contribution in [1.82, 2.24) is 15.1 Å². The lowest BCUT2D eigenvalue weighted by molar-refractivity contribution is -0.123. The molecule has 3 aromatic rings. The Balaban J connectivity index is 1.98. The lowest BCUT2D eigenvalue weighted by Crippen LogP contribution is -2.44. The van der Waals surface area contributed by atoms with Crippen LogP contribution in [0.3, 0.4) is 0 Å². The first-order valence-corrected chi connectivity index (χ1v) is 14.1. The summed E-state index contributed by atoms with van der Waals surface area (Å²) in [6.45, 7) is 10.3. The number of thioether (sulfide) groups is 1. The highest BCUT2D eigenvalue weighted by Crippen LogP contribution is 2.49. The molecular formula is C26H31ClN4O2S2. The van der Waals surface area contributed by atoms with Gasteiger partial charge in [0.25, 0.3) is 0 Å². The minimum atomic E-state index is -0.301. The highest BCUT2D eigenvalue weighted by atomic mass is 35.5. The minimum Gasteiger partial charge on any atom is -0.352 e. The van der Waals surface area contributed by atoms with Gasteiger partial charge < -0.3 is 5.32 Å². The van der Waals surface area contributed by atoms with Gasteiger partial charge in [-0.15, -0.1) is 23.1 Å². The Kier molecular flexibility index (Phi) is 7.64. The number of halogens is 1. The van der Waals surface area contributed by atoms with Crippen LogP contribution >= 0.6 is 34.7 Å². The number of rotatable bonds is 6. The fourth-order valence-electron chi connectivity index (χ4n) is 4.10. The molecule has 1 aromatic carbocycles. The molecule has 0 aliphatic carbocycles.